The summed E-state index contributed by atoms with van der Waals surface area (Å²) in [7, 11) is 0. The Bertz CT molecular complexity index is 434. The van der Waals surface area contributed by atoms with Gasteiger partial charge in [-0.05, 0) is 37.5 Å². The Morgan fingerprint density at radius 1 is 1.18 bits per heavy atom. The molecule has 0 aromatic rings. The van der Waals surface area contributed by atoms with Crippen LogP contribution in [0.2, 0.25) is 0 Å². The minimum absolute atomic E-state index is 0.0160. The molecule has 2 rings (SSSR count). The van der Waals surface area contributed by atoms with Crippen molar-refractivity contribution >= 4 is 17.8 Å². The van der Waals surface area contributed by atoms with Crippen molar-refractivity contribution in [2.24, 2.45) is 17.8 Å². The molecule has 2 fully saturated rings. The first-order valence-electron chi connectivity index (χ1n) is 8.30. The van der Waals surface area contributed by atoms with Gasteiger partial charge in [-0.1, -0.05) is 6.92 Å². The Morgan fingerprint density at radius 3 is 2.50 bits per heavy atom. The molecular formula is C16H26N2O4. The fraction of sp³-hybridized carbons (Fsp3) is 0.812. The second-order valence-corrected chi connectivity index (χ2v) is 6.45. The fourth-order valence-corrected chi connectivity index (χ4v) is 3.21. The lowest BCUT2D eigenvalue weighted by molar-refractivity contribution is -0.142. The van der Waals surface area contributed by atoms with Crippen LogP contribution in [-0.2, 0) is 14.4 Å². The van der Waals surface area contributed by atoms with Crippen LogP contribution in [0.15, 0.2) is 0 Å². The van der Waals surface area contributed by atoms with E-state index in [-0.39, 0.29) is 17.7 Å². The van der Waals surface area contributed by atoms with Gasteiger partial charge in [0, 0.05) is 32.5 Å². The van der Waals surface area contributed by atoms with Crippen LogP contribution in [-0.4, -0.2) is 47.4 Å². The molecule has 2 aliphatic rings. The van der Waals surface area contributed by atoms with Crippen LogP contribution in [0.4, 0.5) is 0 Å². The first kappa shape index (κ1) is 16.8. The van der Waals surface area contributed by atoms with Crippen molar-refractivity contribution in [2.75, 3.05) is 19.6 Å². The number of nitrogens with zero attached hydrogens (tertiary/aromatic N) is 1. The van der Waals surface area contributed by atoms with Gasteiger partial charge in [0.15, 0.2) is 0 Å². The third-order valence-electron chi connectivity index (χ3n) is 4.63. The van der Waals surface area contributed by atoms with Gasteiger partial charge >= 0.3 is 5.97 Å². The first-order valence-corrected chi connectivity index (χ1v) is 8.30. The van der Waals surface area contributed by atoms with Gasteiger partial charge in [0.2, 0.25) is 11.8 Å². The van der Waals surface area contributed by atoms with E-state index in [1.54, 1.807) is 4.90 Å². The van der Waals surface area contributed by atoms with Crippen molar-refractivity contribution in [3.05, 3.63) is 0 Å². The van der Waals surface area contributed by atoms with Crippen molar-refractivity contribution in [3.8, 4) is 0 Å². The normalized spacial score (nSPS) is 24.3. The number of carbonyl (C=O) groups is 3. The molecule has 0 unspecified atom stereocenters. The van der Waals surface area contributed by atoms with Crippen molar-refractivity contribution in [2.45, 2.75) is 45.4 Å². The summed E-state index contributed by atoms with van der Waals surface area (Å²) in [4.78, 5) is 36.7. The molecule has 1 saturated carbocycles. The zero-order valence-corrected chi connectivity index (χ0v) is 13.2. The van der Waals surface area contributed by atoms with E-state index >= 15 is 0 Å². The van der Waals surface area contributed by atoms with E-state index in [9.17, 15) is 19.5 Å². The molecule has 2 atom stereocenters. The highest BCUT2D eigenvalue weighted by Crippen LogP contribution is 2.44. The third kappa shape index (κ3) is 4.45. The molecule has 0 spiro atoms. The topological polar surface area (TPSA) is 86.7 Å². The standard InChI is InChI=1S/C16H26N2O4/c1-2-8-17-14(19)4-3-5-15(20)18-9-12(11-6-7-11)13(10-18)16(21)22/h11-13H,2-10H2,1H3,(H,17,19)(H,21,22)/t12-,13+/m1/s1. The number of hydrogen-bond acceptors (Lipinski definition) is 3. The number of likely N-dealkylation sites (tertiary alicyclic amines) is 1. The van der Waals surface area contributed by atoms with Crippen LogP contribution in [0.3, 0.4) is 0 Å². The Balaban J connectivity index is 1.73. The maximum Gasteiger partial charge on any atom is 0.308 e. The lowest BCUT2D eigenvalue weighted by Gasteiger charge is -2.16. The second kappa shape index (κ2) is 7.61. The molecule has 0 aromatic heterocycles. The second-order valence-electron chi connectivity index (χ2n) is 6.45. The lowest BCUT2D eigenvalue weighted by Crippen LogP contribution is -2.30. The summed E-state index contributed by atoms with van der Waals surface area (Å²) in [6, 6.07) is 0. The number of rotatable bonds is 8. The third-order valence-corrected chi connectivity index (χ3v) is 4.63. The highest BCUT2D eigenvalue weighted by atomic mass is 16.4. The van der Waals surface area contributed by atoms with Crippen LogP contribution in [0, 0.1) is 17.8 Å². The smallest absolute Gasteiger partial charge is 0.308 e. The van der Waals surface area contributed by atoms with Gasteiger partial charge in [0.05, 0.1) is 5.92 Å². The zero-order valence-electron chi connectivity index (χ0n) is 13.2. The minimum Gasteiger partial charge on any atom is -0.481 e. The molecule has 1 saturated heterocycles. The molecule has 1 aliphatic carbocycles. The van der Waals surface area contributed by atoms with Crippen LogP contribution >= 0.6 is 0 Å². The first-order chi connectivity index (χ1) is 10.5. The average Bonchev–Trinajstić information content (AvgIpc) is 3.23. The van der Waals surface area contributed by atoms with Crippen LogP contribution < -0.4 is 5.32 Å². The zero-order chi connectivity index (χ0) is 16.1. The van der Waals surface area contributed by atoms with Crippen LogP contribution in [0.1, 0.15) is 45.4 Å². The molecular weight excluding hydrogens is 284 g/mol. The molecule has 1 aliphatic heterocycles. The summed E-state index contributed by atoms with van der Waals surface area (Å²) >= 11 is 0. The molecule has 0 radical (unpaired) electrons. The van der Waals surface area contributed by atoms with E-state index in [2.05, 4.69) is 5.32 Å². The number of aliphatic carboxylic acids is 1. The number of carboxylic acid groups (broad SMARTS) is 1. The highest BCUT2D eigenvalue weighted by molar-refractivity contribution is 5.80. The van der Waals surface area contributed by atoms with E-state index in [1.807, 2.05) is 6.92 Å². The van der Waals surface area contributed by atoms with Gasteiger partial charge in [-0.2, -0.15) is 0 Å². The van der Waals surface area contributed by atoms with E-state index in [4.69, 9.17) is 0 Å². The van der Waals surface area contributed by atoms with Crippen molar-refractivity contribution in [1.29, 1.82) is 0 Å². The molecule has 0 bridgehead atoms. The number of carboxylic acids is 1. The largest absolute Gasteiger partial charge is 0.481 e. The summed E-state index contributed by atoms with van der Waals surface area (Å²) in [6.07, 6.45) is 4.29. The van der Waals surface area contributed by atoms with E-state index in [1.165, 1.54) is 0 Å². The van der Waals surface area contributed by atoms with Crippen LogP contribution in [0.5, 0.6) is 0 Å². The molecule has 22 heavy (non-hydrogen) atoms. The molecule has 1 heterocycles. The Morgan fingerprint density at radius 2 is 1.91 bits per heavy atom. The number of nitrogens with one attached hydrogen (secondary N) is 1. The molecule has 2 N–H and O–H groups in total. The molecule has 2 amide bonds. The molecule has 0 aromatic carbocycles. The monoisotopic (exact) mass is 310 g/mol. The van der Waals surface area contributed by atoms with E-state index in [0.29, 0.717) is 44.8 Å². The van der Waals surface area contributed by atoms with Gasteiger partial charge in [0.25, 0.3) is 0 Å². The summed E-state index contributed by atoms with van der Waals surface area (Å²) in [6.45, 7) is 3.56. The van der Waals surface area contributed by atoms with Gasteiger partial charge in [0.1, 0.15) is 0 Å². The maximum absolute atomic E-state index is 12.2. The molecule has 124 valence electrons. The van der Waals surface area contributed by atoms with Gasteiger partial charge < -0.3 is 15.3 Å². The predicted octanol–water partition coefficient (Wildman–Crippen LogP) is 1.25. The SMILES string of the molecule is CCCNC(=O)CCCC(=O)N1C[C@H](C(=O)O)[C@@H](C2CC2)C1. The maximum atomic E-state index is 12.2. The van der Waals surface area contributed by atoms with E-state index < -0.39 is 11.9 Å². The number of amides is 2. The van der Waals surface area contributed by atoms with Gasteiger partial charge in [-0.3, -0.25) is 14.4 Å². The van der Waals surface area contributed by atoms with Gasteiger partial charge in [-0.15, -0.1) is 0 Å². The highest BCUT2D eigenvalue weighted by Gasteiger charge is 2.46. The summed E-state index contributed by atoms with van der Waals surface area (Å²) in [5.74, 6) is -0.628. The minimum atomic E-state index is -0.786. The Labute approximate surface area is 131 Å². The Hall–Kier alpha value is -1.59. The van der Waals surface area contributed by atoms with Crippen molar-refractivity contribution in [3.63, 3.8) is 0 Å². The van der Waals surface area contributed by atoms with Crippen molar-refractivity contribution < 1.29 is 19.5 Å². The van der Waals surface area contributed by atoms with E-state index in [0.717, 1.165) is 19.3 Å². The quantitative estimate of drug-likeness (QED) is 0.706. The fourth-order valence-electron chi connectivity index (χ4n) is 3.21. The average molecular weight is 310 g/mol. The van der Waals surface area contributed by atoms with Gasteiger partial charge in [-0.25, -0.2) is 0 Å². The predicted molar refractivity (Wildman–Crippen MR) is 81.1 cm³/mol. The summed E-state index contributed by atoms with van der Waals surface area (Å²) in [5, 5.41) is 12.1. The van der Waals surface area contributed by atoms with Crippen LogP contribution in [0.25, 0.3) is 0 Å². The molecule has 6 nitrogen and oxygen atoms in total. The number of hydrogen-bond donors (Lipinski definition) is 2. The van der Waals surface area contributed by atoms with Crippen molar-refractivity contribution in [1.82, 2.24) is 10.2 Å². The Kier molecular flexibility index (Phi) is 5.80. The summed E-state index contributed by atoms with van der Waals surface area (Å²) < 4.78 is 0. The summed E-state index contributed by atoms with van der Waals surface area (Å²) in [5.41, 5.74) is 0. The molecule has 6 heteroatoms. The lowest BCUT2D eigenvalue weighted by atomic mass is 9.92. The number of carbonyl (C=O) groups excluding carboxylic acids is 2.